The number of fused-ring (bicyclic) bond motifs is 1. The number of rotatable bonds is 0. The minimum Gasteiger partial charge on any atom is -0.456 e. The van der Waals surface area contributed by atoms with Crippen molar-refractivity contribution in [1.82, 2.24) is 0 Å². The summed E-state index contributed by atoms with van der Waals surface area (Å²) in [5.74, 6) is -5.22. The number of carbonyl (C=O) groups excluding carboxylic acids is 3. The summed E-state index contributed by atoms with van der Waals surface area (Å²) >= 11 is 0. The molecule has 4 N–H and O–H groups in total. The van der Waals surface area contributed by atoms with E-state index in [-0.39, 0.29) is 0 Å². The Morgan fingerprint density at radius 3 is 2.19 bits per heavy atom. The first-order chi connectivity index (χ1) is 14.3. The molecule has 170 valence electrons. The van der Waals surface area contributed by atoms with Gasteiger partial charge in [0.25, 0.3) is 0 Å². The molecule has 6 rings (SSSR count). The first-order valence-corrected chi connectivity index (χ1v) is 10.3. The molecular formula is C20H24O11. The van der Waals surface area contributed by atoms with Crippen LogP contribution in [0, 0.1) is 28.1 Å². The van der Waals surface area contributed by atoms with Gasteiger partial charge in [-0.25, -0.2) is 9.59 Å². The van der Waals surface area contributed by atoms with Crippen molar-refractivity contribution in [3.8, 4) is 0 Å². The SMILES string of the molecule is C[C@H]1C(=O)O[C@@H]2[C@@H](O)[C@@]34[C@H]5OC(=O)[C@@]3(O[C@H]3OC(=O)[C@@H](O)[C@]34[C@@H](C(C)(C)C)[C@H]5O)[C@@]21O. The summed E-state index contributed by atoms with van der Waals surface area (Å²) in [6, 6.07) is 0. The highest BCUT2D eigenvalue weighted by Crippen LogP contribution is 2.84. The molecule has 0 bridgehead atoms. The van der Waals surface area contributed by atoms with E-state index in [2.05, 4.69) is 0 Å². The van der Waals surface area contributed by atoms with Gasteiger partial charge in [-0.1, -0.05) is 20.8 Å². The summed E-state index contributed by atoms with van der Waals surface area (Å²) < 4.78 is 22.2. The normalized spacial score (nSPS) is 61.0. The van der Waals surface area contributed by atoms with E-state index in [0.29, 0.717) is 0 Å². The van der Waals surface area contributed by atoms with Crippen LogP contribution in [0.5, 0.6) is 0 Å². The van der Waals surface area contributed by atoms with Gasteiger partial charge < -0.3 is 39.4 Å². The number of aliphatic hydroxyl groups excluding tert-OH is 3. The largest absolute Gasteiger partial charge is 0.456 e. The van der Waals surface area contributed by atoms with Crippen molar-refractivity contribution >= 4 is 17.9 Å². The Hall–Kier alpha value is -1.79. The molecule has 11 nitrogen and oxygen atoms in total. The predicted molar refractivity (Wildman–Crippen MR) is 93.4 cm³/mol. The lowest BCUT2D eigenvalue weighted by Crippen LogP contribution is -2.67. The van der Waals surface area contributed by atoms with Crippen molar-refractivity contribution in [2.24, 2.45) is 28.1 Å². The maximum atomic E-state index is 13.4. The van der Waals surface area contributed by atoms with Gasteiger partial charge in [0.1, 0.15) is 12.2 Å². The number of hydrogen-bond donors (Lipinski definition) is 4. The fourth-order valence-electron chi connectivity index (χ4n) is 8.27. The molecule has 0 aromatic heterocycles. The van der Waals surface area contributed by atoms with Crippen molar-refractivity contribution in [3.05, 3.63) is 0 Å². The Morgan fingerprint density at radius 2 is 1.58 bits per heavy atom. The third-order valence-corrected chi connectivity index (χ3v) is 8.95. The zero-order chi connectivity index (χ0) is 22.7. The van der Waals surface area contributed by atoms with Crippen LogP contribution >= 0.6 is 0 Å². The van der Waals surface area contributed by atoms with Crippen molar-refractivity contribution < 1.29 is 53.8 Å². The first kappa shape index (κ1) is 19.9. The van der Waals surface area contributed by atoms with Crippen molar-refractivity contribution in [2.45, 2.75) is 75.7 Å². The van der Waals surface area contributed by atoms with Crippen LogP contribution in [-0.4, -0.2) is 86.3 Å². The lowest BCUT2D eigenvalue weighted by Gasteiger charge is -2.47. The third kappa shape index (κ3) is 1.43. The fraction of sp³-hybridized carbons (Fsp3) is 0.850. The molecule has 4 saturated heterocycles. The Morgan fingerprint density at radius 1 is 0.935 bits per heavy atom. The van der Waals surface area contributed by atoms with Crippen LogP contribution in [0.3, 0.4) is 0 Å². The molecule has 6 aliphatic rings. The molecule has 2 aliphatic carbocycles. The second-order valence-corrected chi connectivity index (χ2v) is 10.8. The second kappa shape index (κ2) is 4.91. The maximum Gasteiger partial charge on any atom is 0.343 e. The lowest BCUT2D eigenvalue weighted by molar-refractivity contribution is -0.240. The second-order valence-electron chi connectivity index (χ2n) is 10.8. The number of aliphatic hydroxyl groups is 4. The fourth-order valence-corrected chi connectivity index (χ4v) is 8.27. The molecular weight excluding hydrogens is 416 g/mol. The monoisotopic (exact) mass is 440 g/mol. The van der Waals surface area contributed by atoms with Crippen molar-refractivity contribution in [3.63, 3.8) is 0 Å². The van der Waals surface area contributed by atoms with Gasteiger partial charge in [-0.05, 0) is 12.3 Å². The quantitative estimate of drug-likeness (QED) is 0.234. The highest BCUT2D eigenvalue weighted by Gasteiger charge is 3.05. The molecule has 0 unspecified atom stereocenters. The summed E-state index contributed by atoms with van der Waals surface area (Å²) in [6.45, 7) is 6.63. The van der Waals surface area contributed by atoms with Crippen LogP contribution in [0.2, 0.25) is 0 Å². The van der Waals surface area contributed by atoms with E-state index in [4.69, 9.17) is 18.9 Å². The zero-order valence-corrected chi connectivity index (χ0v) is 17.3. The van der Waals surface area contributed by atoms with Gasteiger partial charge in [0.15, 0.2) is 17.8 Å². The number of carbonyl (C=O) groups is 3. The molecule has 6 fully saturated rings. The van der Waals surface area contributed by atoms with Crippen LogP contribution in [0.1, 0.15) is 27.7 Å². The topological polar surface area (TPSA) is 169 Å². The van der Waals surface area contributed by atoms with Crippen LogP contribution in [-0.2, 0) is 33.3 Å². The van der Waals surface area contributed by atoms with Gasteiger partial charge in [-0.2, -0.15) is 0 Å². The Bertz CT molecular complexity index is 957. The van der Waals surface area contributed by atoms with E-state index in [9.17, 15) is 34.8 Å². The molecule has 0 amide bonds. The molecule has 2 spiro atoms. The average Bonchev–Trinajstić information content (AvgIpc) is 3.35. The van der Waals surface area contributed by atoms with Gasteiger partial charge >= 0.3 is 17.9 Å². The molecule has 0 aromatic rings. The molecule has 31 heavy (non-hydrogen) atoms. The smallest absolute Gasteiger partial charge is 0.343 e. The third-order valence-electron chi connectivity index (χ3n) is 8.95. The number of esters is 3. The average molecular weight is 440 g/mol. The van der Waals surface area contributed by atoms with Crippen LogP contribution in [0.4, 0.5) is 0 Å². The predicted octanol–water partition coefficient (Wildman–Crippen LogP) is -2.40. The maximum absolute atomic E-state index is 13.4. The van der Waals surface area contributed by atoms with Crippen LogP contribution in [0.15, 0.2) is 0 Å². The minimum absolute atomic E-state index is 0.792. The standard InChI is InChI=1S/C20H24O11/c1-5-12(24)28-11-8(22)18-10-6(21)7(16(2,3)4)17(18)9(23)13(25)30-15(17)31-20(18,14(26)29-10)19(5,11)27/h5-11,15,21-23,27H,1-4H3/t5-,6+,7+,8+,9+,10-,11+,15+,17+,18-,19-,20-/m0/s1. The van der Waals surface area contributed by atoms with Gasteiger partial charge in [0.2, 0.25) is 11.9 Å². The van der Waals surface area contributed by atoms with Gasteiger partial charge in [0, 0.05) is 5.92 Å². The lowest BCUT2D eigenvalue weighted by atomic mass is 9.51. The molecule has 4 aliphatic heterocycles. The molecule has 0 radical (unpaired) electrons. The van der Waals surface area contributed by atoms with E-state index >= 15 is 0 Å². The molecule has 2 saturated carbocycles. The van der Waals surface area contributed by atoms with E-state index < -0.39 is 94.0 Å². The van der Waals surface area contributed by atoms with Gasteiger partial charge in [0.05, 0.1) is 22.9 Å². The summed E-state index contributed by atoms with van der Waals surface area (Å²) in [5, 5.41) is 46.1. The minimum atomic E-state index is -2.40. The van der Waals surface area contributed by atoms with Crippen molar-refractivity contribution in [1.29, 1.82) is 0 Å². The Labute approximate surface area is 176 Å². The highest BCUT2D eigenvalue weighted by atomic mass is 16.8. The van der Waals surface area contributed by atoms with E-state index in [1.54, 1.807) is 20.8 Å². The summed E-state index contributed by atoms with van der Waals surface area (Å²) in [6.07, 6.45) is -9.69. The highest BCUT2D eigenvalue weighted by molar-refractivity contribution is 5.94. The van der Waals surface area contributed by atoms with Gasteiger partial charge in [-0.15, -0.1) is 0 Å². The van der Waals surface area contributed by atoms with Crippen LogP contribution < -0.4 is 0 Å². The Kier molecular flexibility index (Phi) is 3.15. The molecule has 11 heteroatoms. The molecule has 4 heterocycles. The van der Waals surface area contributed by atoms with Crippen LogP contribution in [0.25, 0.3) is 0 Å². The number of ether oxygens (including phenoxy) is 4. The van der Waals surface area contributed by atoms with E-state index in [1.807, 2.05) is 0 Å². The summed E-state index contributed by atoms with van der Waals surface area (Å²) in [7, 11) is 0. The van der Waals surface area contributed by atoms with Gasteiger partial charge in [-0.3, -0.25) is 4.79 Å². The van der Waals surface area contributed by atoms with Crippen molar-refractivity contribution in [2.75, 3.05) is 0 Å². The summed E-state index contributed by atoms with van der Waals surface area (Å²) in [5.41, 5.74) is -9.40. The Balaban J connectivity index is 1.75. The number of hydrogen-bond acceptors (Lipinski definition) is 11. The molecule has 12 atom stereocenters. The summed E-state index contributed by atoms with van der Waals surface area (Å²) in [4.78, 5) is 38.3. The van der Waals surface area contributed by atoms with E-state index in [0.717, 1.165) is 0 Å². The van der Waals surface area contributed by atoms with E-state index in [1.165, 1.54) is 6.92 Å². The zero-order valence-electron chi connectivity index (χ0n) is 17.3. The first-order valence-electron chi connectivity index (χ1n) is 10.3. The molecule has 0 aromatic carbocycles.